The van der Waals surface area contributed by atoms with Gasteiger partial charge in [0.25, 0.3) is 0 Å². The van der Waals surface area contributed by atoms with Gasteiger partial charge in [0.2, 0.25) is 0 Å². The van der Waals surface area contributed by atoms with E-state index in [4.69, 9.17) is 0 Å². The minimum Gasteiger partial charge on any atom is -0.308 e. The first-order valence-electron chi connectivity index (χ1n) is 8.32. The number of nitrogens with one attached hydrogen (secondary N) is 1. The fourth-order valence-electron chi connectivity index (χ4n) is 3.84. The molecule has 3 unspecified atom stereocenters. The number of hydrogen-bond donors (Lipinski definition) is 1. The van der Waals surface area contributed by atoms with Gasteiger partial charge in [0.1, 0.15) is 0 Å². The van der Waals surface area contributed by atoms with E-state index >= 15 is 0 Å². The van der Waals surface area contributed by atoms with E-state index in [9.17, 15) is 0 Å². The molecule has 1 aliphatic carbocycles. The molecule has 20 heavy (non-hydrogen) atoms. The molecule has 110 valence electrons. The van der Waals surface area contributed by atoms with Gasteiger partial charge in [-0.05, 0) is 62.7 Å². The molecule has 2 heteroatoms. The van der Waals surface area contributed by atoms with Crippen molar-refractivity contribution in [3.63, 3.8) is 0 Å². The van der Waals surface area contributed by atoms with Gasteiger partial charge in [-0.2, -0.15) is 0 Å². The Bertz CT molecular complexity index is 437. The second-order valence-electron chi connectivity index (χ2n) is 6.66. The van der Waals surface area contributed by atoms with Crippen LogP contribution in [0.2, 0.25) is 0 Å². The van der Waals surface area contributed by atoms with Crippen molar-refractivity contribution in [2.45, 2.75) is 57.5 Å². The Balaban J connectivity index is 1.62. The molecule has 1 N–H and O–H groups in total. The lowest BCUT2D eigenvalue weighted by molar-refractivity contribution is 0.242. The van der Waals surface area contributed by atoms with Gasteiger partial charge in [-0.3, -0.25) is 4.90 Å². The van der Waals surface area contributed by atoms with E-state index in [1.165, 1.54) is 38.8 Å². The minimum absolute atomic E-state index is 0.562. The molecule has 0 amide bonds. The third-order valence-corrected chi connectivity index (χ3v) is 5.21. The smallest absolute Gasteiger partial charge is 0.0323 e. The van der Waals surface area contributed by atoms with Crippen LogP contribution in [0.25, 0.3) is 0 Å². The topological polar surface area (TPSA) is 15.3 Å². The van der Waals surface area contributed by atoms with E-state index in [2.05, 4.69) is 48.3 Å². The van der Waals surface area contributed by atoms with Crippen LogP contribution in [0.1, 0.15) is 62.6 Å². The zero-order chi connectivity index (χ0) is 13.9. The van der Waals surface area contributed by atoms with Gasteiger partial charge in [-0.15, -0.1) is 0 Å². The molecule has 0 aromatic heterocycles. The number of hydrogen-bond acceptors (Lipinski definition) is 2. The molecular weight excluding hydrogens is 244 g/mol. The lowest BCUT2D eigenvalue weighted by atomic mass is 9.81. The van der Waals surface area contributed by atoms with E-state index in [1.54, 1.807) is 11.1 Å². The highest BCUT2D eigenvalue weighted by atomic mass is 15.2. The van der Waals surface area contributed by atoms with Crippen molar-refractivity contribution in [1.29, 1.82) is 0 Å². The molecular formula is C18H28N2. The van der Waals surface area contributed by atoms with E-state index in [0.29, 0.717) is 12.1 Å². The van der Waals surface area contributed by atoms with Gasteiger partial charge in [0.15, 0.2) is 0 Å². The van der Waals surface area contributed by atoms with E-state index in [1.807, 2.05) is 0 Å². The van der Waals surface area contributed by atoms with Crippen LogP contribution < -0.4 is 5.32 Å². The molecule has 0 spiro atoms. The van der Waals surface area contributed by atoms with Gasteiger partial charge in [-0.1, -0.05) is 31.2 Å². The molecule has 1 aromatic carbocycles. The Kier molecular flexibility index (Phi) is 4.42. The monoisotopic (exact) mass is 272 g/mol. The maximum atomic E-state index is 3.83. The highest BCUT2D eigenvalue weighted by Crippen LogP contribution is 2.36. The highest BCUT2D eigenvalue weighted by Gasteiger charge is 2.25. The van der Waals surface area contributed by atoms with Crippen molar-refractivity contribution < 1.29 is 0 Å². The first kappa shape index (κ1) is 14.1. The summed E-state index contributed by atoms with van der Waals surface area (Å²) in [4.78, 5) is 2.63. The Morgan fingerprint density at radius 1 is 1.15 bits per heavy atom. The summed E-state index contributed by atoms with van der Waals surface area (Å²) in [5, 5.41) is 3.83. The number of nitrogens with zero attached hydrogens (tertiary/aromatic N) is 1. The van der Waals surface area contributed by atoms with Gasteiger partial charge < -0.3 is 5.32 Å². The average molecular weight is 272 g/mol. The Labute approximate surface area is 123 Å². The predicted octanol–water partition coefficient (Wildman–Crippen LogP) is 3.70. The Hall–Kier alpha value is -0.860. The summed E-state index contributed by atoms with van der Waals surface area (Å²) in [6.07, 6.45) is 5.36. The fourth-order valence-corrected chi connectivity index (χ4v) is 3.84. The molecule has 0 saturated carbocycles. The van der Waals surface area contributed by atoms with Crippen LogP contribution in [-0.4, -0.2) is 30.6 Å². The third-order valence-electron chi connectivity index (χ3n) is 5.21. The summed E-state index contributed by atoms with van der Waals surface area (Å²) in [6, 6.07) is 10.2. The lowest BCUT2D eigenvalue weighted by Gasteiger charge is -2.32. The normalized spacial score (nSPS) is 28.3. The Morgan fingerprint density at radius 2 is 1.85 bits per heavy atom. The zero-order valence-electron chi connectivity index (χ0n) is 12.9. The van der Waals surface area contributed by atoms with Crippen LogP contribution in [0.15, 0.2) is 24.3 Å². The van der Waals surface area contributed by atoms with Crippen molar-refractivity contribution in [3.8, 4) is 0 Å². The molecule has 1 aliphatic heterocycles. The fraction of sp³-hybridized carbons (Fsp3) is 0.667. The molecule has 2 aliphatic rings. The number of rotatable bonds is 4. The van der Waals surface area contributed by atoms with Gasteiger partial charge in [0.05, 0.1) is 0 Å². The molecule has 1 saturated heterocycles. The third kappa shape index (κ3) is 2.91. The second kappa shape index (κ2) is 6.28. The van der Waals surface area contributed by atoms with Crippen molar-refractivity contribution >= 4 is 0 Å². The second-order valence-corrected chi connectivity index (χ2v) is 6.66. The van der Waals surface area contributed by atoms with E-state index < -0.39 is 0 Å². The minimum atomic E-state index is 0.562. The highest BCUT2D eigenvalue weighted by molar-refractivity contribution is 5.34. The first-order chi connectivity index (χ1) is 9.75. The van der Waals surface area contributed by atoms with Crippen LogP contribution in [0, 0.1) is 0 Å². The summed E-state index contributed by atoms with van der Waals surface area (Å²) in [5.41, 5.74) is 3.10. The molecule has 3 rings (SSSR count). The Morgan fingerprint density at radius 3 is 2.60 bits per heavy atom. The quantitative estimate of drug-likeness (QED) is 0.899. The molecule has 1 heterocycles. The molecule has 3 atom stereocenters. The van der Waals surface area contributed by atoms with Crippen molar-refractivity contribution in [2.75, 3.05) is 19.6 Å². The van der Waals surface area contributed by atoms with Crippen LogP contribution in [0.3, 0.4) is 0 Å². The van der Waals surface area contributed by atoms with Crippen molar-refractivity contribution in [3.05, 3.63) is 35.4 Å². The predicted molar refractivity (Wildman–Crippen MR) is 85.1 cm³/mol. The summed E-state index contributed by atoms with van der Waals surface area (Å²) in [5.74, 6) is 0.722. The van der Waals surface area contributed by atoms with Crippen LogP contribution in [-0.2, 0) is 0 Å². The molecule has 2 nitrogen and oxygen atoms in total. The summed E-state index contributed by atoms with van der Waals surface area (Å²) >= 11 is 0. The van der Waals surface area contributed by atoms with Crippen molar-refractivity contribution in [2.24, 2.45) is 0 Å². The molecule has 0 bridgehead atoms. The first-order valence-corrected chi connectivity index (χ1v) is 8.32. The number of likely N-dealkylation sites (tertiary alicyclic amines) is 1. The van der Waals surface area contributed by atoms with E-state index in [-0.39, 0.29) is 0 Å². The number of fused-ring (bicyclic) bond motifs is 1. The standard InChI is InChI=1S/C18H28N2/c1-14-9-10-18(17-8-4-3-7-16(14)17)19-13-15(2)20-11-5-6-12-20/h3-4,7-8,14-15,18-19H,5-6,9-13H2,1-2H3. The van der Waals surface area contributed by atoms with Gasteiger partial charge >= 0.3 is 0 Å². The maximum absolute atomic E-state index is 3.83. The zero-order valence-corrected chi connectivity index (χ0v) is 12.9. The average Bonchev–Trinajstić information content (AvgIpc) is 3.01. The van der Waals surface area contributed by atoms with E-state index in [0.717, 1.165) is 12.5 Å². The summed E-state index contributed by atoms with van der Waals surface area (Å²) < 4.78 is 0. The lowest BCUT2D eigenvalue weighted by Crippen LogP contribution is -2.40. The largest absolute Gasteiger partial charge is 0.308 e. The van der Waals surface area contributed by atoms with Gasteiger partial charge in [0, 0.05) is 18.6 Å². The van der Waals surface area contributed by atoms with Crippen LogP contribution >= 0.6 is 0 Å². The SMILES string of the molecule is CC1CCC(NCC(C)N2CCCC2)c2ccccc21. The van der Waals surface area contributed by atoms with Crippen LogP contribution in [0.5, 0.6) is 0 Å². The van der Waals surface area contributed by atoms with Gasteiger partial charge in [-0.25, -0.2) is 0 Å². The molecule has 0 radical (unpaired) electrons. The van der Waals surface area contributed by atoms with Crippen LogP contribution in [0.4, 0.5) is 0 Å². The number of benzene rings is 1. The maximum Gasteiger partial charge on any atom is 0.0323 e. The van der Waals surface area contributed by atoms with Crippen molar-refractivity contribution in [1.82, 2.24) is 10.2 Å². The molecule has 1 fully saturated rings. The molecule has 1 aromatic rings. The summed E-state index contributed by atoms with van der Waals surface area (Å²) in [6.45, 7) is 8.44. The summed E-state index contributed by atoms with van der Waals surface area (Å²) in [7, 11) is 0.